The number of fused-ring (bicyclic) bond motifs is 1. The lowest BCUT2D eigenvalue weighted by Gasteiger charge is -2.42. The molecule has 1 fully saturated rings. The molecule has 0 amide bonds. The summed E-state index contributed by atoms with van der Waals surface area (Å²) in [6.07, 6.45) is 5.38. The lowest BCUT2D eigenvalue weighted by Crippen LogP contribution is -2.55. The zero-order valence-corrected chi connectivity index (χ0v) is 20.3. The van der Waals surface area contributed by atoms with Gasteiger partial charge in [-0.15, -0.1) is 24.0 Å². The Morgan fingerprint density at radius 3 is 2.89 bits per heavy atom. The average molecular weight is 504 g/mol. The molecule has 0 spiro atoms. The van der Waals surface area contributed by atoms with Crippen LogP contribution in [-0.4, -0.2) is 72.1 Å². The summed E-state index contributed by atoms with van der Waals surface area (Å²) in [4.78, 5) is 6.90. The SMILES string of the molecule is CN=C(NCCN1CCOCC1(C)C)NC1CCc2cn(C(C)C)nc2C1.I. The molecule has 2 N–H and O–H groups in total. The Labute approximate surface area is 186 Å². The maximum Gasteiger partial charge on any atom is 0.191 e. The number of halogens is 1. The first kappa shape index (κ1) is 23.4. The molecule has 1 aromatic rings. The summed E-state index contributed by atoms with van der Waals surface area (Å²) < 4.78 is 7.69. The Balaban J connectivity index is 0.00000280. The molecular weight excluding hydrogens is 467 g/mol. The monoisotopic (exact) mass is 504 g/mol. The van der Waals surface area contributed by atoms with E-state index in [0.29, 0.717) is 12.1 Å². The molecule has 1 atom stereocenters. The number of guanidine groups is 1. The number of aromatic nitrogens is 2. The predicted octanol–water partition coefficient (Wildman–Crippen LogP) is 2.22. The maximum atomic E-state index is 5.60. The molecule has 160 valence electrons. The van der Waals surface area contributed by atoms with Crippen molar-refractivity contribution < 1.29 is 4.74 Å². The van der Waals surface area contributed by atoms with E-state index < -0.39 is 0 Å². The fraction of sp³-hybridized carbons (Fsp3) is 0.800. The van der Waals surface area contributed by atoms with Gasteiger partial charge in [-0.05, 0) is 46.1 Å². The molecule has 1 aromatic heterocycles. The highest BCUT2D eigenvalue weighted by Gasteiger charge is 2.30. The number of hydrogen-bond acceptors (Lipinski definition) is 4. The van der Waals surface area contributed by atoms with E-state index in [1.165, 1.54) is 11.3 Å². The summed E-state index contributed by atoms with van der Waals surface area (Å²) in [6.45, 7) is 13.3. The van der Waals surface area contributed by atoms with Gasteiger partial charge in [0.25, 0.3) is 0 Å². The van der Waals surface area contributed by atoms with Crippen molar-refractivity contribution in [1.29, 1.82) is 0 Å². The summed E-state index contributed by atoms with van der Waals surface area (Å²) in [5.74, 6) is 0.887. The molecule has 0 saturated carbocycles. The van der Waals surface area contributed by atoms with Crippen molar-refractivity contribution in [3.8, 4) is 0 Å². The highest BCUT2D eigenvalue weighted by atomic mass is 127. The molecule has 1 aliphatic heterocycles. The number of ether oxygens (including phenoxy) is 1. The molecule has 3 rings (SSSR count). The molecule has 0 radical (unpaired) electrons. The molecular formula is C20H37IN6O. The lowest BCUT2D eigenvalue weighted by atomic mass is 9.94. The Bertz CT molecular complexity index is 657. The molecule has 7 nitrogen and oxygen atoms in total. The van der Waals surface area contributed by atoms with E-state index in [9.17, 15) is 0 Å². The number of rotatable bonds is 5. The van der Waals surface area contributed by atoms with E-state index in [1.807, 2.05) is 7.05 Å². The summed E-state index contributed by atoms with van der Waals surface area (Å²) in [5, 5.41) is 11.8. The van der Waals surface area contributed by atoms with Crippen molar-refractivity contribution in [1.82, 2.24) is 25.3 Å². The minimum absolute atomic E-state index is 0. The molecule has 28 heavy (non-hydrogen) atoms. The van der Waals surface area contributed by atoms with Crippen molar-refractivity contribution >= 4 is 29.9 Å². The van der Waals surface area contributed by atoms with Crippen LogP contribution < -0.4 is 10.6 Å². The van der Waals surface area contributed by atoms with Crippen molar-refractivity contribution in [2.45, 2.75) is 64.6 Å². The van der Waals surface area contributed by atoms with Crippen molar-refractivity contribution in [2.75, 3.05) is 39.9 Å². The van der Waals surface area contributed by atoms with Gasteiger partial charge in [0.15, 0.2) is 5.96 Å². The normalized spacial score (nSPS) is 22.5. The first-order valence-electron chi connectivity index (χ1n) is 10.3. The molecule has 1 aliphatic carbocycles. The van der Waals surface area contributed by atoms with Gasteiger partial charge in [0.1, 0.15) is 0 Å². The van der Waals surface area contributed by atoms with Crippen LogP contribution in [0.4, 0.5) is 0 Å². The number of nitrogens with one attached hydrogen (secondary N) is 2. The average Bonchev–Trinajstić information content (AvgIpc) is 3.05. The minimum Gasteiger partial charge on any atom is -0.378 e. The van der Waals surface area contributed by atoms with Gasteiger partial charge < -0.3 is 15.4 Å². The van der Waals surface area contributed by atoms with E-state index in [1.54, 1.807) is 0 Å². The Morgan fingerprint density at radius 2 is 2.21 bits per heavy atom. The Hall–Kier alpha value is -0.870. The molecule has 2 aliphatic rings. The second kappa shape index (κ2) is 10.2. The van der Waals surface area contributed by atoms with Gasteiger partial charge in [0, 0.05) is 56.9 Å². The minimum atomic E-state index is 0. The summed E-state index contributed by atoms with van der Waals surface area (Å²) in [6, 6.07) is 0.805. The number of hydrogen-bond donors (Lipinski definition) is 2. The fourth-order valence-corrected chi connectivity index (χ4v) is 3.90. The van der Waals surface area contributed by atoms with E-state index in [4.69, 9.17) is 9.84 Å². The van der Waals surface area contributed by atoms with Gasteiger partial charge in [-0.25, -0.2) is 0 Å². The quantitative estimate of drug-likeness (QED) is 0.366. The van der Waals surface area contributed by atoms with Gasteiger partial charge in [-0.2, -0.15) is 5.10 Å². The molecule has 0 aromatic carbocycles. The van der Waals surface area contributed by atoms with Crippen LogP contribution in [0.15, 0.2) is 11.2 Å². The lowest BCUT2D eigenvalue weighted by molar-refractivity contribution is -0.0496. The number of nitrogens with zero attached hydrogens (tertiary/aromatic N) is 4. The topological polar surface area (TPSA) is 66.7 Å². The fourth-order valence-electron chi connectivity index (χ4n) is 3.90. The molecule has 8 heteroatoms. The van der Waals surface area contributed by atoms with Crippen LogP contribution in [0.3, 0.4) is 0 Å². The highest BCUT2D eigenvalue weighted by Crippen LogP contribution is 2.22. The van der Waals surface area contributed by atoms with E-state index in [0.717, 1.165) is 58.1 Å². The van der Waals surface area contributed by atoms with Gasteiger partial charge in [0.05, 0.1) is 18.9 Å². The zero-order chi connectivity index (χ0) is 19.4. The summed E-state index contributed by atoms with van der Waals surface area (Å²) in [5.41, 5.74) is 2.74. The predicted molar refractivity (Wildman–Crippen MR) is 125 cm³/mol. The summed E-state index contributed by atoms with van der Waals surface area (Å²) >= 11 is 0. The summed E-state index contributed by atoms with van der Waals surface area (Å²) in [7, 11) is 1.84. The van der Waals surface area contributed by atoms with Crippen LogP contribution in [0.1, 0.15) is 51.4 Å². The molecule has 1 saturated heterocycles. The number of morpholine rings is 1. The third kappa shape index (κ3) is 5.82. The van der Waals surface area contributed by atoms with Crippen molar-refractivity contribution in [3.63, 3.8) is 0 Å². The maximum absolute atomic E-state index is 5.60. The van der Waals surface area contributed by atoms with Gasteiger partial charge in [0.2, 0.25) is 0 Å². The molecule has 1 unspecified atom stereocenters. The van der Waals surface area contributed by atoms with Crippen LogP contribution in [0.25, 0.3) is 0 Å². The Morgan fingerprint density at radius 1 is 1.43 bits per heavy atom. The first-order chi connectivity index (χ1) is 12.9. The third-order valence-corrected chi connectivity index (χ3v) is 5.68. The van der Waals surface area contributed by atoms with Gasteiger partial charge in [-0.1, -0.05) is 0 Å². The van der Waals surface area contributed by atoms with Crippen molar-refractivity contribution in [2.24, 2.45) is 4.99 Å². The largest absolute Gasteiger partial charge is 0.378 e. The van der Waals surface area contributed by atoms with E-state index >= 15 is 0 Å². The Kier molecular flexibility index (Phi) is 8.57. The number of aryl methyl sites for hydroxylation is 1. The third-order valence-electron chi connectivity index (χ3n) is 5.68. The van der Waals surface area contributed by atoms with Crippen LogP contribution in [0, 0.1) is 0 Å². The molecule has 0 bridgehead atoms. The van der Waals surface area contributed by atoms with Crippen LogP contribution in [-0.2, 0) is 17.6 Å². The van der Waals surface area contributed by atoms with Crippen LogP contribution >= 0.6 is 24.0 Å². The van der Waals surface area contributed by atoms with Crippen molar-refractivity contribution in [3.05, 3.63) is 17.5 Å². The highest BCUT2D eigenvalue weighted by molar-refractivity contribution is 14.0. The standard InChI is InChI=1S/C20H36N6O.HI/c1-15(2)26-13-16-6-7-17(12-18(16)24-26)23-19(21-5)22-8-9-25-10-11-27-14-20(25,3)4;/h13,15,17H,6-12,14H2,1-5H3,(H2,21,22,23);1H. The van der Waals surface area contributed by atoms with Crippen LogP contribution in [0.2, 0.25) is 0 Å². The van der Waals surface area contributed by atoms with Crippen LogP contribution in [0.5, 0.6) is 0 Å². The second-order valence-electron chi connectivity index (χ2n) is 8.61. The van der Waals surface area contributed by atoms with E-state index in [-0.39, 0.29) is 29.5 Å². The second-order valence-corrected chi connectivity index (χ2v) is 8.61. The smallest absolute Gasteiger partial charge is 0.191 e. The van der Waals surface area contributed by atoms with E-state index in [2.05, 4.69) is 59.1 Å². The van der Waals surface area contributed by atoms with Gasteiger partial charge in [-0.3, -0.25) is 14.6 Å². The van der Waals surface area contributed by atoms with Gasteiger partial charge >= 0.3 is 0 Å². The first-order valence-corrected chi connectivity index (χ1v) is 10.3. The zero-order valence-electron chi connectivity index (χ0n) is 18.0. The number of aliphatic imine (C=N–C) groups is 1. The molecule has 2 heterocycles.